The molecule has 2 N–H and O–H groups in total. The topological polar surface area (TPSA) is 43.7 Å². The molecule has 1 aliphatic heterocycles. The number of β-amino-alcohol motifs (C(OH)–C–C–N with tert-alkyl or cyclic N) is 1. The van der Waals surface area contributed by atoms with Crippen LogP contribution in [0.1, 0.15) is 30.1 Å². The van der Waals surface area contributed by atoms with Gasteiger partial charge in [-0.3, -0.25) is 4.90 Å². The summed E-state index contributed by atoms with van der Waals surface area (Å²) in [4.78, 5) is 2.25. The highest BCUT2D eigenvalue weighted by Crippen LogP contribution is 2.35. The zero-order chi connectivity index (χ0) is 11.8. The molecule has 3 unspecified atom stereocenters. The molecule has 1 fully saturated rings. The van der Waals surface area contributed by atoms with Gasteiger partial charge in [-0.1, -0.05) is 24.3 Å². The summed E-state index contributed by atoms with van der Waals surface area (Å²) in [6.45, 7) is 1.70. The van der Waals surface area contributed by atoms with Gasteiger partial charge in [0.2, 0.25) is 0 Å². The molecule has 1 aromatic carbocycles. The average molecular weight is 233 g/mol. The molecule has 0 aromatic heterocycles. The monoisotopic (exact) mass is 233 g/mol. The lowest BCUT2D eigenvalue weighted by atomic mass is 10.0. The van der Waals surface area contributed by atoms with Crippen LogP contribution in [0.25, 0.3) is 0 Å². The van der Waals surface area contributed by atoms with Crippen molar-refractivity contribution in [1.82, 2.24) is 4.90 Å². The van der Waals surface area contributed by atoms with Gasteiger partial charge < -0.3 is 10.2 Å². The van der Waals surface area contributed by atoms with Crippen LogP contribution in [0.5, 0.6) is 0 Å². The number of benzene rings is 1. The molecule has 0 bridgehead atoms. The highest BCUT2D eigenvalue weighted by Gasteiger charge is 2.36. The summed E-state index contributed by atoms with van der Waals surface area (Å²) in [6, 6.07) is 8.27. The Bertz CT molecular complexity index is 407. The molecular formula is C14H19NO2. The molecule has 17 heavy (non-hydrogen) atoms. The van der Waals surface area contributed by atoms with E-state index in [1.54, 1.807) is 0 Å². The third-order valence-corrected chi connectivity index (χ3v) is 4.06. The summed E-state index contributed by atoms with van der Waals surface area (Å²) in [5.41, 5.74) is 2.32. The molecule has 1 aromatic rings. The minimum atomic E-state index is -0.392. The van der Waals surface area contributed by atoms with Gasteiger partial charge in [0.15, 0.2) is 0 Å². The van der Waals surface area contributed by atoms with E-state index in [1.165, 1.54) is 5.56 Å². The van der Waals surface area contributed by atoms with Gasteiger partial charge in [0, 0.05) is 12.6 Å². The van der Waals surface area contributed by atoms with E-state index in [-0.39, 0.29) is 12.1 Å². The maximum Gasteiger partial charge on any atom is 0.0951 e. The molecule has 3 rings (SSSR count). The fraction of sp³-hybridized carbons (Fsp3) is 0.571. The number of nitrogens with zero attached hydrogens (tertiary/aromatic N) is 1. The fourth-order valence-electron chi connectivity index (χ4n) is 3.17. The zero-order valence-corrected chi connectivity index (χ0v) is 9.92. The Morgan fingerprint density at radius 3 is 2.76 bits per heavy atom. The molecule has 0 spiro atoms. The normalized spacial score (nSPS) is 33.6. The third kappa shape index (κ3) is 1.99. The van der Waals surface area contributed by atoms with Crippen LogP contribution in [-0.2, 0) is 6.42 Å². The number of likely N-dealkylation sites (tertiary alicyclic amines) is 1. The molecule has 0 radical (unpaired) electrons. The minimum Gasteiger partial charge on any atom is -0.392 e. The van der Waals surface area contributed by atoms with Gasteiger partial charge in [0.25, 0.3) is 0 Å². The first-order valence-electron chi connectivity index (χ1n) is 6.43. The lowest BCUT2D eigenvalue weighted by molar-refractivity contribution is 0.00340. The Hall–Kier alpha value is -0.900. The quantitative estimate of drug-likeness (QED) is 0.763. The smallest absolute Gasteiger partial charge is 0.0951 e. The molecule has 3 nitrogen and oxygen atoms in total. The molecule has 0 saturated carbocycles. The highest BCUT2D eigenvalue weighted by atomic mass is 16.3. The number of fused-ring (bicyclic) bond motifs is 1. The van der Waals surface area contributed by atoms with E-state index in [2.05, 4.69) is 11.0 Å². The summed E-state index contributed by atoms with van der Waals surface area (Å²) in [5, 5.41) is 20.1. The van der Waals surface area contributed by atoms with Crippen LogP contribution in [0.2, 0.25) is 0 Å². The second-order valence-electron chi connectivity index (χ2n) is 5.21. The number of hydrogen-bond acceptors (Lipinski definition) is 3. The predicted octanol–water partition coefficient (Wildman–Crippen LogP) is 1.10. The highest BCUT2D eigenvalue weighted by molar-refractivity contribution is 5.35. The van der Waals surface area contributed by atoms with Gasteiger partial charge >= 0.3 is 0 Å². The zero-order valence-electron chi connectivity index (χ0n) is 9.92. The fourth-order valence-corrected chi connectivity index (χ4v) is 3.17. The predicted molar refractivity (Wildman–Crippen MR) is 65.7 cm³/mol. The molecular weight excluding hydrogens is 214 g/mol. The molecule has 1 heterocycles. The number of piperidine rings is 1. The Morgan fingerprint density at radius 2 is 2.00 bits per heavy atom. The first-order valence-corrected chi connectivity index (χ1v) is 6.43. The van der Waals surface area contributed by atoms with Crippen LogP contribution < -0.4 is 0 Å². The second-order valence-corrected chi connectivity index (χ2v) is 5.21. The summed E-state index contributed by atoms with van der Waals surface area (Å²) in [6.07, 6.45) is 2.22. The van der Waals surface area contributed by atoms with Crippen molar-refractivity contribution in [2.45, 2.75) is 37.5 Å². The lowest BCUT2D eigenvalue weighted by Gasteiger charge is -2.36. The molecule has 3 heteroatoms. The van der Waals surface area contributed by atoms with E-state index in [9.17, 15) is 10.2 Å². The lowest BCUT2D eigenvalue weighted by Crippen LogP contribution is -2.46. The van der Waals surface area contributed by atoms with Crippen molar-refractivity contribution in [2.24, 2.45) is 0 Å². The van der Waals surface area contributed by atoms with Crippen molar-refractivity contribution >= 4 is 0 Å². The van der Waals surface area contributed by atoms with Crippen LogP contribution in [0.3, 0.4) is 0 Å². The summed E-state index contributed by atoms with van der Waals surface area (Å²) in [5.74, 6) is 0. The Morgan fingerprint density at radius 1 is 1.18 bits per heavy atom. The van der Waals surface area contributed by atoms with Crippen LogP contribution in [-0.4, -0.2) is 40.3 Å². The van der Waals surface area contributed by atoms with Gasteiger partial charge in [0.1, 0.15) is 0 Å². The van der Waals surface area contributed by atoms with Crippen molar-refractivity contribution in [3.63, 3.8) is 0 Å². The van der Waals surface area contributed by atoms with Crippen molar-refractivity contribution in [2.75, 3.05) is 13.1 Å². The standard InChI is InChI=1S/C14H19NO2/c16-11-5-3-7-15(9-11)13-8-10-4-1-2-6-12(10)14(13)17/h1-2,4,6,11,13-14,16-17H,3,5,7-9H2. The minimum absolute atomic E-state index is 0.155. The van der Waals surface area contributed by atoms with E-state index < -0.39 is 6.10 Å². The molecule has 92 valence electrons. The van der Waals surface area contributed by atoms with E-state index in [0.29, 0.717) is 6.54 Å². The van der Waals surface area contributed by atoms with Crippen molar-refractivity contribution in [3.8, 4) is 0 Å². The molecule has 0 amide bonds. The van der Waals surface area contributed by atoms with Crippen LogP contribution in [0.4, 0.5) is 0 Å². The third-order valence-electron chi connectivity index (χ3n) is 4.06. The Balaban J connectivity index is 1.79. The first kappa shape index (κ1) is 11.2. The van der Waals surface area contributed by atoms with Crippen LogP contribution in [0.15, 0.2) is 24.3 Å². The van der Waals surface area contributed by atoms with E-state index >= 15 is 0 Å². The van der Waals surface area contributed by atoms with Crippen LogP contribution >= 0.6 is 0 Å². The van der Waals surface area contributed by atoms with Crippen molar-refractivity contribution in [3.05, 3.63) is 35.4 Å². The molecule has 1 saturated heterocycles. The summed E-state index contributed by atoms with van der Waals surface area (Å²) < 4.78 is 0. The van der Waals surface area contributed by atoms with E-state index in [4.69, 9.17) is 0 Å². The molecule has 3 atom stereocenters. The number of hydrogen-bond donors (Lipinski definition) is 2. The van der Waals surface area contributed by atoms with Gasteiger partial charge in [-0.25, -0.2) is 0 Å². The molecule has 1 aliphatic carbocycles. The molecule has 2 aliphatic rings. The maximum atomic E-state index is 10.4. The summed E-state index contributed by atoms with van der Waals surface area (Å²) >= 11 is 0. The first-order chi connectivity index (χ1) is 8.25. The van der Waals surface area contributed by atoms with Gasteiger partial charge in [-0.15, -0.1) is 0 Å². The van der Waals surface area contributed by atoms with Crippen molar-refractivity contribution < 1.29 is 10.2 Å². The van der Waals surface area contributed by atoms with E-state index in [1.807, 2.05) is 18.2 Å². The van der Waals surface area contributed by atoms with E-state index in [0.717, 1.165) is 31.4 Å². The Labute approximate surface area is 102 Å². The Kier molecular flexibility index (Phi) is 2.90. The maximum absolute atomic E-state index is 10.4. The number of aliphatic hydroxyl groups excluding tert-OH is 2. The second kappa shape index (κ2) is 4.41. The van der Waals surface area contributed by atoms with Crippen LogP contribution in [0, 0.1) is 0 Å². The number of aliphatic hydroxyl groups is 2. The SMILES string of the molecule is OC1CCCN(C2Cc3ccccc3C2O)C1. The van der Waals surface area contributed by atoms with Gasteiger partial charge in [-0.2, -0.15) is 0 Å². The van der Waals surface area contributed by atoms with Gasteiger partial charge in [0.05, 0.1) is 12.2 Å². The average Bonchev–Trinajstić information content (AvgIpc) is 2.68. The summed E-state index contributed by atoms with van der Waals surface area (Å²) in [7, 11) is 0. The van der Waals surface area contributed by atoms with Crippen molar-refractivity contribution in [1.29, 1.82) is 0 Å². The number of rotatable bonds is 1. The largest absolute Gasteiger partial charge is 0.392 e. The van der Waals surface area contributed by atoms with Gasteiger partial charge in [-0.05, 0) is 36.9 Å².